The Morgan fingerprint density at radius 3 is 1.84 bits per heavy atom. The Hall–Kier alpha value is -7.17. The van der Waals surface area contributed by atoms with Crippen LogP contribution < -0.4 is 35.9 Å². The van der Waals surface area contributed by atoms with Gasteiger partial charge in [0, 0.05) is 46.0 Å². The van der Waals surface area contributed by atoms with Gasteiger partial charge < -0.3 is 4.90 Å². The molecule has 1 unspecified atom stereocenters. The topological polar surface area (TPSA) is 9.49 Å². The summed E-state index contributed by atoms with van der Waals surface area (Å²) in [6.45, 7) is 0.0640. The van der Waals surface area contributed by atoms with E-state index >= 15 is 0 Å². The lowest BCUT2D eigenvalue weighted by Gasteiger charge is -2.46. The van der Waals surface area contributed by atoms with Crippen LogP contribution in [0, 0.1) is 0 Å². The molecule has 0 aromatic heterocycles. The predicted molar refractivity (Wildman–Crippen MR) is 235 cm³/mol. The molecule has 3 nitrogen and oxygen atoms in total. The zero-order chi connectivity index (χ0) is 36.7. The number of benzene rings is 9. The Morgan fingerprint density at radius 2 is 1.07 bits per heavy atom. The summed E-state index contributed by atoms with van der Waals surface area (Å²) >= 11 is 0. The molecule has 56 heavy (non-hydrogen) atoms. The maximum atomic E-state index is 2.61. The minimum absolute atomic E-state index is 0.0383. The second-order valence-corrected chi connectivity index (χ2v) is 15.0. The fraction of sp³-hybridized carbons (Fsp3) is 0.0192. The number of rotatable bonds is 4. The smallest absolute Gasteiger partial charge is 0.244 e. The summed E-state index contributed by atoms with van der Waals surface area (Å²) < 4.78 is 2.51. The molecular formula is C52H35BN3+. The molecule has 9 aromatic rings. The van der Waals surface area contributed by atoms with Gasteiger partial charge in [-0.2, -0.15) is 0 Å². The molecule has 1 atom stereocenters. The molecule has 0 radical (unpaired) electrons. The van der Waals surface area contributed by atoms with Crippen LogP contribution in [-0.2, 0) is 0 Å². The van der Waals surface area contributed by atoms with E-state index in [9.17, 15) is 0 Å². The third kappa shape index (κ3) is 4.32. The molecule has 0 saturated carbocycles. The third-order valence-electron chi connectivity index (χ3n) is 12.1. The van der Waals surface area contributed by atoms with Gasteiger partial charge in [0.2, 0.25) is 23.4 Å². The van der Waals surface area contributed by atoms with E-state index < -0.39 is 0 Å². The molecule has 2 aliphatic heterocycles. The first-order valence-electron chi connectivity index (χ1n) is 19.5. The monoisotopic (exact) mass is 712 g/mol. The molecule has 0 N–H and O–H groups in total. The van der Waals surface area contributed by atoms with Gasteiger partial charge in [0.15, 0.2) is 0 Å². The molecule has 3 aliphatic rings. The molecule has 4 heteroatoms. The van der Waals surface area contributed by atoms with E-state index in [2.05, 4.69) is 221 Å². The van der Waals surface area contributed by atoms with Gasteiger partial charge in [-0.15, -0.1) is 4.58 Å². The molecule has 0 fully saturated rings. The van der Waals surface area contributed by atoms with Gasteiger partial charge >= 0.3 is 0 Å². The van der Waals surface area contributed by atoms with Crippen LogP contribution in [0.2, 0.25) is 0 Å². The molecule has 0 bridgehead atoms. The Kier molecular flexibility index (Phi) is 6.79. The first-order valence-corrected chi connectivity index (χ1v) is 19.5. The van der Waals surface area contributed by atoms with Crippen LogP contribution in [0.25, 0.3) is 27.0 Å². The molecule has 9 aromatic carbocycles. The summed E-state index contributed by atoms with van der Waals surface area (Å²) in [6.07, 6.45) is 0. The summed E-state index contributed by atoms with van der Waals surface area (Å²) in [4.78, 5) is 5.12. The fourth-order valence-corrected chi connectivity index (χ4v) is 10.1. The number of nitrogens with zero attached hydrogens (tertiary/aromatic N) is 3. The van der Waals surface area contributed by atoms with Crippen molar-refractivity contribution in [3.05, 3.63) is 222 Å². The van der Waals surface area contributed by atoms with Crippen LogP contribution in [0.15, 0.2) is 206 Å². The number of hydrogen-bond donors (Lipinski definition) is 0. The van der Waals surface area contributed by atoms with Crippen molar-refractivity contribution in [3.63, 3.8) is 0 Å². The van der Waals surface area contributed by atoms with Crippen molar-refractivity contribution in [2.24, 2.45) is 0 Å². The average Bonchev–Trinajstić information content (AvgIpc) is 3.28. The van der Waals surface area contributed by atoms with E-state index in [1.165, 1.54) is 71.1 Å². The highest BCUT2D eigenvalue weighted by molar-refractivity contribution is 7.00. The molecule has 12 rings (SSSR count). The van der Waals surface area contributed by atoms with E-state index in [4.69, 9.17) is 0 Å². The molecule has 1 aliphatic carbocycles. The van der Waals surface area contributed by atoms with Gasteiger partial charge in [-0.05, 0) is 64.1 Å². The summed E-state index contributed by atoms with van der Waals surface area (Å²) in [5.41, 5.74) is 13.6. The van der Waals surface area contributed by atoms with Gasteiger partial charge in [0.25, 0.3) is 0 Å². The van der Waals surface area contributed by atoms with Crippen LogP contribution in [0.5, 0.6) is 0 Å². The minimum atomic E-state index is -0.0383. The molecule has 0 saturated heterocycles. The number of anilines is 5. The first kappa shape index (κ1) is 31.2. The van der Waals surface area contributed by atoms with Gasteiger partial charge in [0.05, 0.1) is 11.4 Å². The normalized spacial score (nSPS) is 15.1. The SMILES string of the molecule is c1ccc(B2C3=c4cccc5c6c(c7cccc(c7c45)C3N(c3ccccc3)c3ccccc32)N(c2ccccc2)c2ccccc2[N+]=6c2ccccc2)cc1. The van der Waals surface area contributed by atoms with Gasteiger partial charge in [0.1, 0.15) is 11.4 Å². The van der Waals surface area contributed by atoms with E-state index in [1.807, 2.05) is 0 Å². The standard InChI is InChI=1S/C52H35BN3/c1-5-19-35(20-6-1)53-43-31-13-14-32-44(43)54(36-21-7-2-8-22-36)50-40-28-18-30-42-48(40)47-39(49(50)53)27-17-29-41(47)51-52(42)56(38-25-11-4-12-26-38)46-34-16-15-33-45(46)55(51)37-23-9-3-10-24-37/h1-34,50H/q+1. The highest BCUT2D eigenvalue weighted by atomic mass is 15.2. The Labute approximate surface area is 326 Å². The summed E-state index contributed by atoms with van der Waals surface area (Å²) in [5, 5.41) is 7.67. The van der Waals surface area contributed by atoms with Crippen molar-refractivity contribution in [3.8, 4) is 0 Å². The second kappa shape index (κ2) is 12.2. The lowest BCUT2D eigenvalue weighted by Crippen LogP contribution is -2.55. The van der Waals surface area contributed by atoms with Gasteiger partial charge in [-0.3, -0.25) is 4.90 Å². The molecule has 2 heterocycles. The van der Waals surface area contributed by atoms with Crippen molar-refractivity contribution in [1.82, 2.24) is 4.58 Å². The summed E-state index contributed by atoms with van der Waals surface area (Å²) in [7, 11) is 0. The summed E-state index contributed by atoms with van der Waals surface area (Å²) in [5.74, 6) is 0. The number of para-hydroxylation sites is 6. The van der Waals surface area contributed by atoms with E-state index in [-0.39, 0.29) is 12.8 Å². The van der Waals surface area contributed by atoms with E-state index in [0.717, 1.165) is 22.7 Å². The Bertz CT molecular complexity index is 3150. The van der Waals surface area contributed by atoms with Crippen LogP contribution in [0.4, 0.5) is 39.8 Å². The van der Waals surface area contributed by atoms with Crippen molar-refractivity contribution in [1.29, 1.82) is 0 Å². The van der Waals surface area contributed by atoms with Crippen molar-refractivity contribution < 1.29 is 0 Å². The third-order valence-corrected chi connectivity index (χ3v) is 12.1. The maximum Gasteiger partial charge on any atom is 0.244 e. The highest BCUT2D eigenvalue weighted by Crippen LogP contribution is 2.51. The highest BCUT2D eigenvalue weighted by Gasteiger charge is 2.45. The van der Waals surface area contributed by atoms with Crippen LogP contribution in [-0.4, -0.2) is 6.71 Å². The number of fused-ring (bicyclic) bond motifs is 7. The molecule has 0 amide bonds. The Balaban J connectivity index is 1.34. The molecule has 0 spiro atoms. The van der Waals surface area contributed by atoms with E-state index in [0.29, 0.717) is 0 Å². The number of hydrogen-bond acceptors (Lipinski definition) is 2. The maximum absolute atomic E-state index is 2.61. The van der Waals surface area contributed by atoms with E-state index in [1.54, 1.807) is 0 Å². The minimum Gasteiger partial charge on any atom is -0.331 e. The summed E-state index contributed by atoms with van der Waals surface area (Å²) in [6, 6.07) is 76.0. The quantitative estimate of drug-likeness (QED) is 0.102. The van der Waals surface area contributed by atoms with Crippen LogP contribution >= 0.6 is 0 Å². The average molecular weight is 713 g/mol. The van der Waals surface area contributed by atoms with Gasteiger partial charge in [-0.25, -0.2) is 0 Å². The fourth-order valence-electron chi connectivity index (χ4n) is 10.1. The van der Waals surface area contributed by atoms with Crippen molar-refractivity contribution >= 4 is 84.5 Å². The van der Waals surface area contributed by atoms with Crippen LogP contribution in [0.3, 0.4) is 0 Å². The largest absolute Gasteiger partial charge is 0.331 e. The Morgan fingerprint density at radius 1 is 0.464 bits per heavy atom. The zero-order valence-electron chi connectivity index (χ0n) is 30.6. The van der Waals surface area contributed by atoms with Crippen molar-refractivity contribution in [2.75, 3.05) is 9.80 Å². The molecule has 260 valence electrons. The lowest BCUT2D eigenvalue weighted by atomic mass is 9.32. The first-order chi connectivity index (χ1) is 27.9. The van der Waals surface area contributed by atoms with Crippen molar-refractivity contribution in [2.45, 2.75) is 6.04 Å². The molecular weight excluding hydrogens is 677 g/mol. The predicted octanol–water partition coefficient (Wildman–Crippen LogP) is 10.1. The lowest BCUT2D eigenvalue weighted by molar-refractivity contribution is 0.879. The zero-order valence-corrected chi connectivity index (χ0v) is 30.6. The van der Waals surface area contributed by atoms with Gasteiger partial charge in [-0.1, -0.05) is 157 Å². The second-order valence-electron chi connectivity index (χ2n) is 15.0. The van der Waals surface area contributed by atoms with Crippen LogP contribution in [0.1, 0.15) is 11.6 Å².